The Morgan fingerprint density at radius 2 is 1.74 bits per heavy atom. The Morgan fingerprint density at radius 3 is 2.33 bits per heavy atom. The van der Waals surface area contributed by atoms with Gasteiger partial charge in [-0.05, 0) is 43.5 Å². The van der Waals surface area contributed by atoms with Crippen LogP contribution in [0, 0.1) is 5.92 Å². The van der Waals surface area contributed by atoms with Gasteiger partial charge in [-0.1, -0.05) is 0 Å². The van der Waals surface area contributed by atoms with Crippen molar-refractivity contribution in [3.63, 3.8) is 0 Å². The first kappa shape index (κ1) is 20.1. The lowest BCUT2D eigenvalue weighted by Crippen LogP contribution is -2.33. The standard InChI is InChI=1S/C19H29N3O4S/c1-20(2)27(25,26)14-16-12-22(13-18(16)23)19(24)15-6-8-17(9-7-15)21-10-4-3-5-11-21/h6-9,16,18,23H,3-5,10-14H2,1-2H3/t16-,18+/m0/s1. The molecule has 2 atom stereocenters. The number of amides is 1. The fraction of sp³-hybridized carbons (Fsp3) is 0.632. The molecule has 1 aromatic carbocycles. The third kappa shape index (κ3) is 4.62. The first-order valence-electron chi connectivity index (χ1n) is 9.50. The van der Waals surface area contributed by atoms with Gasteiger partial charge in [-0.15, -0.1) is 0 Å². The molecule has 0 radical (unpaired) electrons. The monoisotopic (exact) mass is 395 g/mol. The molecule has 2 fully saturated rings. The number of anilines is 1. The number of carbonyl (C=O) groups excluding carboxylic acids is 1. The summed E-state index contributed by atoms with van der Waals surface area (Å²) in [6.45, 7) is 2.52. The van der Waals surface area contributed by atoms with Crippen LogP contribution in [0.4, 0.5) is 5.69 Å². The molecule has 1 amide bonds. The summed E-state index contributed by atoms with van der Waals surface area (Å²) >= 11 is 0. The van der Waals surface area contributed by atoms with Crippen LogP contribution in [0.15, 0.2) is 24.3 Å². The molecule has 1 N–H and O–H groups in total. The number of hydrogen-bond donors (Lipinski definition) is 1. The van der Waals surface area contributed by atoms with E-state index in [-0.39, 0.29) is 24.7 Å². The topological polar surface area (TPSA) is 81.2 Å². The predicted octanol–water partition coefficient (Wildman–Crippen LogP) is 1.00. The number of β-amino-alcohol motifs (C(OH)–C–C–N with tert-alkyl or cyclic N) is 1. The smallest absolute Gasteiger partial charge is 0.253 e. The van der Waals surface area contributed by atoms with Gasteiger partial charge in [-0.2, -0.15) is 0 Å². The molecule has 0 aromatic heterocycles. The van der Waals surface area contributed by atoms with Crippen molar-refractivity contribution in [1.82, 2.24) is 9.21 Å². The number of rotatable bonds is 5. The van der Waals surface area contributed by atoms with Gasteiger partial charge in [0.1, 0.15) is 0 Å². The molecule has 2 aliphatic rings. The Morgan fingerprint density at radius 1 is 1.11 bits per heavy atom. The third-order valence-electron chi connectivity index (χ3n) is 5.51. The zero-order valence-electron chi connectivity index (χ0n) is 16.0. The van der Waals surface area contributed by atoms with Crippen molar-refractivity contribution in [2.75, 3.05) is 50.9 Å². The number of aliphatic hydroxyl groups excluding tert-OH is 1. The molecular formula is C19H29N3O4S. The molecule has 0 unspecified atom stereocenters. The molecule has 0 spiro atoms. The summed E-state index contributed by atoms with van der Waals surface area (Å²) in [7, 11) is -0.465. The molecule has 150 valence electrons. The van der Waals surface area contributed by atoms with Crippen molar-refractivity contribution in [2.24, 2.45) is 5.92 Å². The van der Waals surface area contributed by atoms with E-state index in [0.717, 1.165) is 23.1 Å². The molecule has 8 heteroatoms. The molecule has 0 bridgehead atoms. The zero-order chi connectivity index (χ0) is 19.6. The van der Waals surface area contributed by atoms with Crippen molar-refractivity contribution in [1.29, 1.82) is 0 Å². The molecule has 1 aromatic rings. The lowest BCUT2D eigenvalue weighted by atomic mass is 10.1. The molecule has 2 saturated heterocycles. The van der Waals surface area contributed by atoms with Gasteiger partial charge in [0, 0.05) is 57.4 Å². The van der Waals surface area contributed by atoms with Crippen molar-refractivity contribution >= 4 is 21.6 Å². The summed E-state index contributed by atoms with van der Waals surface area (Å²) in [5.74, 6) is -0.781. The number of nitrogens with zero attached hydrogens (tertiary/aromatic N) is 3. The molecule has 2 aliphatic heterocycles. The minimum atomic E-state index is -3.42. The molecule has 7 nitrogen and oxygen atoms in total. The molecule has 0 saturated carbocycles. The fourth-order valence-corrected chi connectivity index (χ4v) is 4.92. The molecule has 0 aliphatic carbocycles. The highest BCUT2D eigenvalue weighted by molar-refractivity contribution is 7.89. The van der Waals surface area contributed by atoms with E-state index in [4.69, 9.17) is 0 Å². The number of benzene rings is 1. The highest BCUT2D eigenvalue weighted by Gasteiger charge is 2.37. The van der Waals surface area contributed by atoms with E-state index in [0.29, 0.717) is 5.56 Å². The van der Waals surface area contributed by atoms with E-state index < -0.39 is 22.0 Å². The second kappa shape index (κ2) is 8.16. The highest BCUT2D eigenvalue weighted by atomic mass is 32.2. The van der Waals surface area contributed by atoms with Crippen LogP contribution in [0.25, 0.3) is 0 Å². The first-order chi connectivity index (χ1) is 12.8. The maximum absolute atomic E-state index is 12.8. The summed E-state index contributed by atoms with van der Waals surface area (Å²) in [4.78, 5) is 16.7. The number of piperidine rings is 1. The minimum Gasteiger partial charge on any atom is -0.391 e. The summed E-state index contributed by atoms with van der Waals surface area (Å²) in [5.41, 5.74) is 1.70. The summed E-state index contributed by atoms with van der Waals surface area (Å²) in [5, 5.41) is 10.2. The van der Waals surface area contributed by atoms with Crippen LogP contribution in [0.3, 0.4) is 0 Å². The number of carbonyl (C=O) groups is 1. The van der Waals surface area contributed by atoms with E-state index in [1.807, 2.05) is 24.3 Å². The summed E-state index contributed by atoms with van der Waals surface area (Å²) in [6.07, 6.45) is 2.85. The van der Waals surface area contributed by atoms with Crippen LogP contribution in [0.1, 0.15) is 29.6 Å². The molecular weight excluding hydrogens is 366 g/mol. The van der Waals surface area contributed by atoms with E-state index in [2.05, 4.69) is 4.90 Å². The van der Waals surface area contributed by atoms with Gasteiger partial charge >= 0.3 is 0 Å². The fourth-order valence-electron chi connectivity index (χ4n) is 3.75. The maximum atomic E-state index is 12.8. The Kier molecular flexibility index (Phi) is 6.08. The number of likely N-dealkylation sites (tertiary alicyclic amines) is 1. The van der Waals surface area contributed by atoms with Gasteiger partial charge in [0.15, 0.2) is 0 Å². The van der Waals surface area contributed by atoms with Crippen LogP contribution in [0.2, 0.25) is 0 Å². The number of sulfonamides is 1. The quantitative estimate of drug-likeness (QED) is 0.805. The van der Waals surface area contributed by atoms with Gasteiger partial charge in [-0.3, -0.25) is 4.79 Å². The van der Waals surface area contributed by atoms with E-state index in [1.165, 1.54) is 33.4 Å². The van der Waals surface area contributed by atoms with Gasteiger partial charge in [0.2, 0.25) is 10.0 Å². The van der Waals surface area contributed by atoms with Gasteiger partial charge < -0.3 is 14.9 Å². The Hall–Kier alpha value is -1.64. The van der Waals surface area contributed by atoms with Gasteiger partial charge in [-0.25, -0.2) is 12.7 Å². The van der Waals surface area contributed by atoms with Crippen molar-refractivity contribution in [3.8, 4) is 0 Å². The van der Waals surface area contributed by atoms with E-state index in [9.17, 15) is 18.3 Å². The largest absolute Gasteiger partial charge is 0.391 e. The maximum Gasteiger partial charge on any atom is 0.253 e. The van der Waals surface area contributed by atoms with Crippen molar-refractivity contribution in [2.45, 2.75) is 25.4 Å². The predicted molar refractivity (Wildman–Crippen MR) is 105 cm³/mol. The number of aliphatic hydroxyl groups is 1. The minimum absolute atomic E-state index is 0.154. The number of hydrogen-bond acceptors (Lipinski definition) is 5. The molecule has 3 rings (SSSR count). The van der Waals surface area contributed by atoms with Crippen LogP contribution < -0.4 is 4.90 Å². The molecule has 2 heterocycles. The Bertz CT molecular complexity index is 758. The van der Waals surface area contributed by atoms with Crippen LogP contribution in [-0.4, -0.2) is 80.8 Å². The lowest BCUT2D eigenvalue weighted by Gasteiger charge is -2.29. The lowest BCUT2D eigenvalue weighted by molar-refractivity contribution is 0.0764. The Labute approximate surface area is 161 Å². The molecule has 27 heavy (non-hydrogen) atoms. The second-order valence-electron chi connectivity index (χ2n) is 7.69. The SMILES string of the molecule is CN(C)S(=O)(=O)C[C@@H]1CN(C(=O)c2ccc(N3CCCCC3)cc2)C[C@H]1O. The van der Waals surface area contributed by atoms with E-state index >= 15 is 0 Å². The normalized spacial score (nSPS) is 23.9. The first-order valence-corrected chi connectivity index (χ1v) is 11.1. The third-order valence-corrected chi connectivity index (χ3v) is 7.47. The summed E-state index contributed by atoms with van der Waals surface area (Å²) < 4.78 is 25.3. The Balaban J connectivity index is 1.64. The summed E-state index contributed by atoms with van der Waals surface area (Å²) in [6, 6.07) is 7.59. The zero-order valence-corrected chi connectivity index (χ0v) is 16.9. The van der Waals surface area contributed by atoms with Crippen molar-refractivity contribution < 1.29 is 18.3 Å². The van der Waals surface area contributed by atoms with Gasteiger partial charge in [0.05, 0.1) is 11.9 Å². The second-order valence-corrected chi connectivity index (χ2v) is 9.92. The average molecular weight is 396 g/mol. The van der Waals surface area contributed by atoms with E-state index in [1.54, 1.807) is 4.90 Å². The van der Waals surface area contributed by atoms with Crippen LogP contribution in [-0.2, 0) is 10.0 Å². The highest BCUT2D eigenvalue weighted by Crippen LogP contribution is 2.24. The van der Waals surface area contributed by atoms with Crippen molar-refractivity contribution in [3.05, 3.63) is 29.8 Å². The average Bonchev–Trinajstić information content (AvgIpc) is 3.02. The van der Waals surface area contributed by atoms with Gasteiger partial charge in [0.25, 0.3) is 5.91 Å². The van der Waals surface area contributed by atoms with Crippen LogP contribution >= 0.6 is 0 Å². The van der Waals surface area contributed by atoms with Crippen LogP contribution in [0.5, 0.6) is 0 Å².